The fourth-order valence-electron chi connectivity index (χ4n) is 2.11. The standard InChI is InChI=1S/C20H21BrClN3O3/c1-13(2)10-23-19(26)20(27)25-24-11-15-9-16(21)7-8-18(15)28-12-14-5-3-4-6-17(14)22/h3-9,11,13H,10,12H2,1-2H3,(H,23,26)(H,25,27)/b24-11-. The summed E-state index contributed by atoms with van der Waals surface area (Å²) in [6.45, 7) is 4.58. The number of nitrogens with one attached hydrogen (secondary N) is 2. The van der Waals surface area contributed by atoms with Crippen molar-refractivity contribution in [3.05, 3.63) is 63.1 Å². The van der Waals surface area contributed by atoms with E-state index in [1.54, 1.807) is 18.2 Å². The quantitative estimate of drug-likeness (QED) is 0.369. The van der Waals surface area contributed by atoms with Gasteiger partial charge in [-0.05, 0) is 30.2 Å². The minimum atomic E-state index is -0.828. The number of hydrazone groups is 1. The highest BCUT2D eigenvalue weighted by atomic mass is 79.9. The Bertz CT molecular complexity index is 872. The van der Waals surface area contributed by atoms with Crippen molar-refractivity contribution in [2.45, 2.75) is 20.5 Å². The molecule has 2 aromatic carbocycles. The zero-order valence-corrected chi connectivity index (χ0v) is 17.9. The molecule has 0 unspecified atom stereocenters. The van der Waals surface area contributed by atoms with Gasteiger partial charge in [-0.25, -0.2) is 5.43 Å². The van der Waals surface area contributed by atoms with Crippen LogP contribution in [-0.2, 0) is 16.2 Å². The van der Waals surface area contributed by atoms with E-state index >= 15 is 0 Å². The summed E-state index contributed by atoms with van der Waals surface area (Å²) in [6, 6.07) is 12.8. The molecule has 0 aliphatic heterocycles. The summed E-state index contributed by atoms with van der Waals surface area (Å²) in [5.41, 5.74) is 3.69. The molecule has 0 atom stereocenters. The fourth-order valence-corrected chi connectivity index (χ4v) is 2.68. The summed E-state index contributed by atoms with van der Waals surface area (Å²) in [5, 5.41) is 7.00. The van der Waals surface area contributed by atoms with Crippen LogP contribution in [0.15, 0.2) is 52.0 Å². The number of hydrogen-bond acceptors (Lipinski definition) is 4. The molecule has 0 spiro atoms. The van der Waals surface area contributed by atoms with Crippen LogP contribution in [0.4, 0.5) is 0 Å². The van der Waals surface area contributed by atoms with Crippen LogP contribution < -0.4 is 15.5 Å². The van der Waals surface area contributed by atoms with Crippen molar-refractivity contribution in [2.24, 2.45) is 11.0 Å². The van der Waals surface area contributed by atoms with E-state index in [9.17, 15) is 9.59 Å². The monoisotopic (exact) mass is 465 g/mol. The second-order valence-electron chi connectivity index (χ2n) is 6.37. The van der Waals surface area contributed by atoms with E-state index in [4.69, 9.17) is 16.3 Å². The molecular weight excluding hydrogens is 446 g/mol. The highest BCUT2D eigenvalue weighted by molar-refractivity contribution is 9.10. The molecule has 0 fully saturated rings. The predicted molar refractivity (Wildman–Crippen MR) is 114 cm³/mol. The molecule has 0 saturated heterocycles. The smallest absolute Gasteiger partial charge is 0.329 e. The highest BCUT2D eigenvalue weighted by Gasteiger charge is 2.12. The molecule has 6 nitrogen and oxygen atoms in total. The summed E-state index contributed by atoms with van der Waals surface area (Å²) in [7, 11) is 0. The first kappa shape index (κ1) is 21.9. The third-order valence-corrected chi connectivity index (χ3v) is 4.42. The Labute approximate surface area is 177 Å². The third-order valence-electron chi connectivity index (χ3n) is 3.56. The molecule has 0 heterocycles. The van der Waals surface area contributed by atoms with E-state index in [0.29, 0.717) is 22.9 Å². The molecule has 2 N–H and O–H groups in total. The zero-order valence-electron chi connectivity index (χ0n) is 15.5. The number of halogens is 2. The van der Waals surface area contributed by atoms with Crippen LogP contribution in [0.25, 0.3) is 0 Å². The number of benzene rings is 2. The molecule has 0 saturated carbocycles. The van der Waals surface area contributed by atoms with Crippen LogP contribution in [0.5, 0.6) is 5.75 Å². The number of carbonyl (C=O) groups is 2. The Morgan fingerprint density at radius 2 is 1.96 bits per heavy atom. The molecule has 148 valence electrons. The number of nitrogens with zero attached hydrogens (tertiary/aromatic N) is 1. The number of rotatable bonds is 7. The molecule has 0 aromatic heterocycles. The van der Waals surface area contributed by atoms with Crippen LogP contribution in [0.2, 0.25) is 5.02 Å². The van der Waals surface area contributed by atoms with Gasteiger partial charge in [0.2, 0.25) is 0 Å². The topological polar surface area (TPSA) is 79.8 Å². The number of ether oxygens (including phenoxy) is 1. The zero-order chi connectivity index (χ0) is 20.5. The second-order valence-corrected chi connectivity index (χ2v) is 7.69. The number of amides is 2. The van der Waals surface area contributed by atoms with E-state index in [-0.39, 0.29) is 12.5 Å². The van der Waals surface area contributed by atoms with Crippen molar-refractivity contribution in [3.63, 3.8) is 0 Å². The average molecular weight is 467 g/mol. The molecule has 28 heavy (non-hydrogen) atoms. The Morgan fingerprint density at radius 3 is 2.68 bits per heavy atom. The van der Waals surface area contributed by atoms with Gasteiger partial charge in [0.15, 0.2) is 0 Å². The van der Waals surface area contributed by atoms with Gasteiger partial charge in [0.1, 0.15) is 12.4 Å². The lowest BCUT2D eigenvalue weighted by molar-refractivity contribution is -0.139. The van der Waals surface area contributed by atoms with E-state index in [1.165, 1.54) is 6.21 Å². The van der Waals surface area contributed by atoms with Crippen molar-refractivity contribution in [3.8, 4) is 5.75 Å². The first-order valence-corrected chi connectivity index (χ1v) is 9.81. The summed E-state index contributed by atoms with van der Waals surface area (Å²) in [4.78, 5) is 23.4. The van der Waals surface area contributed by atoms with Crippen LogP contribution in [-0.4, -0.2) is 24.6 Å². The van der Waals surface area contributed by atoms with Gasteiger partial charge in [0.25, 0.3) is 0 Å². The van der Waals surface area contributed by atoms with Gasteiger partial charge in [-0.2, -0.15) is 5.10 Å². The minimum absolute atomic E-state index is 0.250. The predicted octanol–water partition coefficient (Wildman–Crippen LogP) is 3.90. The van der Waals surface area contributed by atoms with Gasteiger partial charge >= 0.3 is 11.8 Å². The maximum atomic E-state index is 11.8. The van der Waals surface area contributed by atoms with Gasteiger partial charge < -0.3 is 10.1 Å². The summed E-state index contributed by atoms with van der Waals surface area (Å²) >= 11 is 9.54. The van der Waals surface area contributed by atoms with Crippen LogP contribution in [0.1, 0.15) is 25.0 Å². The van der Waals surface area contributed by atoms with Gasteiger partial charge in [-0.3, -0.25) is 9.59 Å². The molecule has 0 aliphatic rings. The largest absolute Gasteiger partial charge is 0.488 e. The van der Waals surface area contributed by atoms with Gasteiger partial charge in [-0.1, -0.05) is 59.6 Å². The lowest BCUT2D eigenvalue weighted by atomic mass is 10.2. The summed E-state index contributed by atoms with van der Waals surface area (Å²) in [6.07, 6.45) is 1.42. The maximum absolute atomic E-state index is 11.8. The van der Waals surface area contributed by atoms with Crippen molar-refractivity contribution in [2.75, 3.05) is 6.54 Å². The normalized spacial score (nSPS) is 10.9. The van der Waals surface area contributed by atoms with Crippen LogP contribution in [0.3, 0.4) is 0 Å². The Kier molecular flexibility index (Phi) is 8.47. The molecule has 0 radical (unpaired) electrons. The van der Waals surface area contributed by atoms with E-state index in [2.05, 4.69) is 31.8 Å². The fraction of sp³-hybridized carbons (Fsp3) is 0.250. The average Bonchev–Trinajstić information content (AvgIpc) is 2.66. The van der Waals surface area contributed by atoms with E-state index in [1.807, 2.05) is 38.1 Å². The lowest BCUT2D eigenvalue weighted by Gasteiger charge is -2.10. The Morgan fingerprint density at radius 1 is 1.21 bits per heavy atom. The molecule has 8 heteroatoms. The summed E-state index contributed by atoms with van der Waals surface area (Å²) < 4.78 is 6.66. The third kappa shape index (κ3) is 6.98. The lowest BCUT2D eigenvalue weighted by Crippen LogP contribution is -2.39. The van der Waals surface area contributed by atoms with E-state index in [0.717, 1.165) is 10.0 Å². The molecule has 0 bridgehead atoms. The number of carbonyl (C=O) groups excluding carboxylic acids is 2. The SMILES string of the molecule is CC(C)CNC(=O)C(=O)N/N=C\c1cc(Br)ccc1OCc1ccccc1Cl. The molecule has 0 aliphatic carbocycles. The van der Waals surface area contributed by atoms with Crippen molar-refractivity contribution < 1.29 is 14.3 Å². The first-order valence-electron chi connectivity index (χ1n) is 8.63. The minimum Gasteiger partial charge on any atom is -0.488 e. The van der Waals surface area contributed by atoms with Gasteiger partial charge in [0, 0.05) is 27.2 Å². The first-order chi connectivity index (χ1) is 13.4. The molecular formula is C20H21BrClN3O3. The van der Waals surface area contributed by atoms with E-state index < -0.39 is 11.8 Å². The van der Waals surface area contributed by atoms with Crippen LogP contribution in [0, 0.1) is 5.92 Å². The Hall–Kier alpha value is -2.38. The highest BCUT2D eigenvalue weighted by Crippen LogP contribution is 2.24. The Balaban J connectivity index is 2.01. The molecule has 2 amide bonds. The molecule has 2 aromatic rings. The van der Waals surface area contributed by atoms with Crippen molar-refractivity contribution in [1.29, 1.82) is 0 Å². The van der Waals surface area contributed by atoms with Gasteiger partial charge in [0.05, 0.1) is 6.21 Å². The maximum Gasteiger partial charge on any atom is 0.329 e. The molecule has 2 rings (SSSR count). The van der Waals surface area contributed by atoms with Gasteiger partial charge in [-0.15, -0.1) is 0 Å². The van der Waals surface area contributed by atoms with Crippen molar-refractivity contribution in [1.82, 2.24) is 10.7 Å². The summed E-state index contributed by atoms with van der Waals surface area (Å²) in [5.74, 6) is -0.745. The second kappa shape index (κ2) is 10.8. The van der Waals surface area contributed by atoms with Crippen LogP contribution >= 0.6 is 27.5 Å². The van der Waals surface area contributed by atoms with Crippen molar-refractivity contribution >= 4 is 45.6 Å². The number of hydrogen-bond donors (Lipinski definition) is 2.